The Morgan fingerprint density at radius 1 is 1.29 bits per heavy atom. The van der Waals surface area contributed by atoms with Crippen molar-refractivity contribution in [3.63, 3.8) is 0 Å². The number of benzene rings is 1. The summed E-state index contributed by atoms with van der Waals surface area (Å²) in [4.78, 5) is 2.49. The number of nitrogens with zero attached hydrogens (tertiary/aromatic N) is 1. The van der Waals surface area contributed by atoms with Gasteiger partial charge in [0.2, 0.25) is 0 Å². The number of rotatable bonds is 3. The number of hydrogen-bond donors (Lipinski definition) is 1. The van der Waals surface area contributed by atoms with Crippen molar-refractivity contribution < 1.29 is 4.74 Å². The van der Waals surface area contributed by atoms with Crippen molar-refractivity contribution in [3.8, 4) is 0 Å². The van der Waals surface area contributed by atoms with Crippen molar-refractivity contribution in [2.24, 2.45) is 0 Å². The van der Waals surface area contributed by atoms with Crippen molar-refractivity contribution in [3.05, 3.63) is 29.3 Å². The summed E-state index contributed by atoms with van der Waals surface area (Å²) in [5.74, 6) is 0. The van der Waals surface area contributed by atoms with Crippen LogP contribution in [-0.4, -0.2) is 24.2 Å². The van der Waals surface area contributed by atoms with E-state index in [0.29, 0.717) is 6.10 Å². The highest BCUT2D eigenvalue weighted by atomic mass is 16.5. The topological polar surface area (TPSA) is 38.5 Å². The zero-order valence-electron chi connectivity index (χ0n) is 10.2. The van der Waals surface area contributed by atoms with E-state index >= 15 is 0 Å². The Morgan fingerprint density at radius 2 is 2.18 bits per heavy atom. The lowest BCUT2D eigenvalue weighted by atomic mass is 10.1. The lowest BCUT2D eigenvalue weighted by molar-refractivity contribution is 0.0916. The first-order chi connectivity index (χ1) is 8.31. The fourth-order valence-electron chi connectivity index (χ4n) is 2.84. The van der Waals surface area contributed by atoms with E-state index in [4.69, 9.17) is 10.5 Å². The summed E-state index contributed by atoms with van der Waals surface area (Å²) in [5, 5.41) is 0. The molecular formula is C14H20N2O. The van der Waals surface area contributed by atoms with Crippen LogP contribution in [0, 0.1) is 0 Å². The second kappa shape index (κ2) is 4.67. The third kappa shape index (κ3) is 2.45. The molecule has 0 radical (unpaired) electrons. The molecule has 0 saturated carbocycles. The number of ether oxygens (including phenoxy) is 1. The molecule has 1 aromatic carbocycles. The molecule has 2 aliphatic heterocycles. The largest absolute Gasteiger partial charge is 0.399 e. The molecule has 2 heterocycles. The maximum Gasteiger partial charge on any atom is 0.0588 e. The summed E-state index contributed by atoms with van der Waals surface area (Å²) in [5.41, 5.74) is 9.53. The first-order valence-corrected chi connectivity index (χ1v) is 6.52. The van der Waals surface area contributed by atoms with Crippen LogP contribution in [0.3, 0.4) is 0 Å². The second-order valence-electron chi connectivity index (χ2n) is 5.16. The van der Waals surface area contributed by atoms with Crippen LogP contribution in [0.15, 0.2) is 18.2 Å². The fraction of sp³-hybridized carbons (Fsp3) is 0.571. The molecule has 1 unspecified atom stereocenters. The van der Waals surface area contributed by atoms with E-state index in [1.807, 2.05) is 6.07 Å². The van der Waals surface area contributed by atoms with Gasteiger partial charge in [-0.05, 0) is 42.5 Å². The van der Waals surface area contributed by atoms with Gasteiger partial charge in [-0.1, -0.05) is 6.07 Å². The van der Waals surface area contributed by atoms with Crippen LogP contribution in [-0.2, 0) is 17.8 Å². The van der Waals surface area contributed by atoms with Crippen molar-refractivity contribution in [2.45, 2.75) is 38.5 Å². The maximum atomic E-state index is 5.81. The van der Waals surface area contributed by atoms with Crippen molar-refractivity contribution >= 4 is 5.69 Å². The monoisotopic (exact) mass is 232 g/mol. The quantitative estimate of drug-likeness (QED) is 0.812. The predicted molar refractivity (Wildman–Crippen MR) is 68.6 cm³/mol. The molecule has 2 N–H and O–H groups in total. The van der Waals surface area contributed by atoms with E-state index < -0.39 is 0 Å². The van der Waals surface area contributed by atoms with E-state index in [1.165, 1.54) is 30.4 Å². The van der Waals surface area contributed by atoms with Gasteiger partial charge in [0.05, 0.1) is 6.10 Å². The normalized spacial score (nSPS) is 24.1. The summed E-state index contributed by atoms with van der Waals surface area (Å²) < 4.78 is 5.66. The van der Waals surface area contributed by atoms with Gasteiger partial charge in [-0.2, -0.15) is 0 Å². The van der Waals surface area contributed by atoms with Gasteiger partial charge >= 0.3 is 0 Å². The van der Waals surface area contributed by atoms with Gasteiger partial charge in [0.15, 0.2) is 0 Å². The highest BCUT2D eigenvalue weighted by Crippen LogP contribution is 2.25. The van der Waals surface area contributed by atoms with Gasteiger partial charge in [0.25, 0.3) is 0 Å². The van der Waals surface area contributed by atoms with E-state index in [0.717, 1.165) is 31.9 Å². The lowest BCUT2D eigenvalue weighted by Crippen LogP contribution is -2.21. The van der Waals surface area contributed by atoms with Crippen LogP contribution < -0.4 is 5.73 Å². The van der Waals surface area contributed by atoms with Crippen LogP contribution in [0.4, 0.5) is 5.69 Å². The molecule has 1 atom stereocenters. The fourth-order valence-corrected chi connectivity index (χ4v) is 2.84. The molecule has 1 saturated heterocycles. The number of fused-ring (bicyclic) bond motifs is 1. The highest BCUT2D eigenvalue weighted by Gasteiger charge is 2.21. The summed E-state index contributed by atoms with van der Waals surface area (Å²) in [6, 6.07) is 6.28. The molecule has 3 heteroatoms. The molecule has 0 spiro atoms. The van der Waals surface area contributed by atoms with Gasteiger partial charge < -0.3 is 10.5 Å². The third-order valence-electron chi connectivity index (χ3n) is 3.81. The average Bonchev–Trinajstić information content (AvgIpc) is 2.94. The Bertz CT molecular complexity index is 399. The van der Waals surface area contributed by atoms with Gasteiger partial charge in [-0.25, -0.2) is 0 Å². The molecular weight excluding hydrogens is 212 g/mol. The van der Waals surface area contributed by atoms with Gasteiger partial charge in [0.1, 0.15) is 0 Å². The molecule has 2 aliphatic rings. The molecule has 17 heavy (non-hydrogen) atoms. The zero-order chi connectivity index (χ0) is 11.7. The van der Waals surface area contributed by atoms with Crippen LogP contribution in [0.5, 0.6) is 0 Å². The number of anilines is 1. The first-order valence-electron chi connectivity index (χ1n) is 6.52. The standard InChI is InChI=1S/C14H20N2O/c15-13-4-3-11-9-16(10-12(11)8-13)6-5-14-2-1-7-17-14/h3-4,8,14H,1-2,5-7,9-10,15H2. The Labute approximate surface area is 103 Å². The molecule has 1 aromatic rings. The molecule has 92 valence electrons. The predicted octanol–water partition coefficient (Wildman–Crippen LogP) is 2.15. The average molecular weight is 232 g/mol. The van der Waals surface area contributed by atoms with Crippen LogP contribution in [0.1, 0.15) is 30.4 Å². The second-order valence-corrected chi connectivity index (χ2v) is 5.16. The van der Waals surface area contributed by atoms with E-state index in [2.05, 4.69) is 17.0 Å². The zero-order valence-corrected chi connectivity index (χ0v) is 10.2. The van der Waals surface area contributed by atoms with E-state index in [1.54, 1.807) is 0 Å². The summed E-state index contributed by atoms with van der Waals surface area (Å²) >= 11 is 0. The van der Waals surface area contributed by atoms with Gasteiger partial charge in [-0.15, -0.1) is 0 Å². The molecule has 3 nitrogen and oxygen atoms in total. The third-order valence-corrected chi connectivity index (χ3v) is 3.81. The van der Waals surface area contributed by atoms with Gasteiger partial charge in [-0.3, -0.25) is 4.90 Å². The van der Waals surface area contributed by atoms with Crippen LogP contribution in [0.25, 0.3) is 0 Å². The lowest BCUT2D eigenvalue weighted by Gasteiger charge is -2.17. The van der Waals surface area contributed by atoms with E-state index in [9.17, 15) is 0 Å². The van der Waals surface area contributed by atoms with Gasteiger partial charge in [0, 0.05) is 31.9 Å². The number of nitrogens with two attached hydrogens (primary N) is 1. The Kier molecular flexibility index (Phi) is 3.04. The number of hydrogen-bond acceptors (Lipinski definition) is 3. The maximum absolute atomic E-state index is 5.81. The highest BCUT2D eigenvalue weighted by molar-refractivity contribution is 5.46. The number of nitrogen functional groups attached to an aromatic ring is 1. The van der Waals surface area contributed by atoms with Crippen molar-refractivity contribution in [1.82, 2.24) is 4.90 Å². The van der Waals surface area contributed by atoms with Crippen LogP contribution in [0.2, 0.25) is 0 Å². The minimum Gasteiger partial charge on any atom is -0.399 e. The smallest absolute Gasteiger partial charge is 0.0588 e. The summed E-state index contributed by atoms with van der Waals surface area (Å²) in [6.07, 6.45) is 4.15. The minimum atomic E-state index is 0.504. The first kappa shape index (κ1) is 11.1. The Hall–Kier alpha value is -1.06. The molecule has 1 fully saturated rings. The molecule has 0 amide bonds. The molecule has 0 aliphatic carbocycles. The Morgan fingerprint density at radius 3 is 3.00 bits per heavy atom. The SMILES string of the molecule is Nc1ccc2c(c1)CN(CCC1CCCO1)C2. The van der Waals surface area contributed by atoms with Crippen molar-refractivity contribution in [1.29, 1.82) is 0 Å². The van der Waals surface area contributed by atoms with E-state index in [-0.39, 0.29) is 0 Å². The van der Waals surface area contributed by atoms with Crippen molar-refractivity contribution in [2.75, 3.05) is 18.9 Å². The summed E-state index contributed by atoms with van der Waals surface area (Å²) in [6.45, 7) is 4.22. The molecule has 0 bridgehead atoms. The molecule has 0 aromatic heterocycles. The minimum absolute atomic E-state index is 0.504. The van der Waals surface area contributed by atoms with Crippen LogP contribution >= 0.6 is 0 Å². The Balaban J connectivity index is 1.55. The molecule has 3 rings (SSSR count). The summed E-state index contributed by atoms with van der Waals surface area (Å²) in [7, 11) is 0.